The van der Waals surface area contributed by atoms with E-state index in [4.69, 9.17) is 9.84 Å². The summed E-state index contributed by atoms with van der Waals surface area (Å²) in [5, 5.41) is 12.8. The van der Waals surface area contributed by atoms with E-state index in [0.29, 0.717) is 5.25 Å². The number of ether oxygens (including phenoxy) is 1. The number of nitrogens with one attached hydrogen (secondary N) is 1. The van der Waals surface area contributed by atoms with Gasteiger partial charge in [0.05, 0.1) is 7.11 Å². The van der Waals surface area contributed by atoms with Gasteiger partial charge in [-0.1, -0.05) is 0 Å². The summed E-state index contributed by atoms with van der Waals surface area (Å²) in [5.41, 5.74) is -0.516. The molecule has 0 radical (unpaired) electrons. The molecule has 1 aliphatic rings. The standard InChI is InChI=1S/C14H27NO3S/c1-11(2)15-14(13(17)18-3)7-4-6-12(10-14)19-9-5-8-16/h11-12,15-16H,4-10H2,1-3H3. The molecule has 4 nitrogen and oxygen atoms in total. The molecule has 112 valence electrons. The maximum absolute atomic E-state index is 12.2. The fourth-order valence-corrected chi connectivity index (χ4v) is 4.17. The van der Waals surface area contributed by atoms with Gasteiger partial charge in [-0.2, -0.15) is 11.8 Å². The lowest BCUT2D eigenvalue weighted by Crippen LogP contribution is -2.58. The first kappa shape index (κ1) is 16.8. The van der Waals surface area contributed by atoms with E-state index in [9.17, 15) is 4.79 Å². The number of aliphatic hydroxyl groups is 1. The minimum atomic E-state index is -0.516. The Morgan fingerprint density at radius 1 is 1.58 bits per heavy atom. The smallest absolute Gasteiger partial charge is 0.326 e. The zero-order valence-electron chi connectivity index (χ0n) is 12.3. The van der Waals surface area contributed by atoms with Gasteiger partial charge in [-0.25, -0.2) is 0 Å². The molecular weight excluding hydrogens is 262 g/mol. The van der Waals surface area contributed by atoms with Gasteiger partial charge in [0, 0.05) is 17.9 Å². The Bertz CT molecular complexity index is 286. The van der Waals surface area contributed by atoms with Crippen molar-refractivity contribution in [1.82, 2.24) is 5.32 Å². The normalized spacial score (nSPS) is 27.5. The summed E-state index contributed by atoms with van der Waals surface area (Å²) in [5.74, 6) is 0.828. The van der Waals surface area contributed by atoms with Crippen molar-refractivity contribution >= 4 is 17.7 Å². The zero-order chi connectivity index (χ0) is 14.3. The SMILES string of the molecule is COC(=O)C1(NC(C)C)CCCC(SCCCO)C1. The number of methoxy groups -OCH3 is 1. The third-order valence-corrected chi connectivity index (χ3v) is 4.90. The molecule has 2 N–H and O–H groups in total. The van der Waals surface area contributed by atoms with Crippen LogP contribution in [0.25, 0.3) is 0 Å². The molecule has 0 aromatic rings. The van der Waals surface area contributed by atoms with Gasteiger partial charge in [-0.3, -0.25) is 10.1 Å². The average Bonchev–Trinajstić information content (AvgIpc) is 2.37. The second-order valence-corrected chi connectivity index (χ2v) is 6.95. The minimum absolute atomic E-state index is 0.131. The number of rotatable bonds is 7. The third-order valence-electron chi connectivity index (χ3n) is 3.50. The molecule has 1 rings (SSSR count). The molecule has 0 bridgehead atoms. The summed E-state index contributed by atoms with van der Waals surface area (Å²) >= 11 is 1.87. The van der Waals surface area contributed by atoms with E-state index < -0.39 is 5.54 Å². The van der Waals surface area contributed by atoms with Gasteiger partial charge in [-0.05, 0) is 51.7 Å². The van der Waals surface area contributed by atoms with Crippen molar-refractivity contribution < 1.29 is 14.6 Å². The van der Waals surface area contributed by atoms with Gasteiger partial charge < -0.3 is 9.84 Å². The van der Waals surface area contributed by atoms with Crippen molar-refractivity contribution in [2.45, 2.75) is 62.8 Å². The lowest BCUT2D eigenvalue weighted by molar-refractivity contribution is -0.150. The maximum atomic E-state index is 12.2. The van der Waals surface area contributed by atoms with E-state index in [0.717, 1.165) is 37.9 Å². The third kappa shape index (κ3) is 4.97. The van der Waals surface area contributed by atoms with Gasteiger partial charge in [0.2, 0.25) is 0 Å². The van der Waals surface area contributed by atoms with Crippen LogP contribution < -0.4 is 5.32 Å². The molecule has 0 saturated heterocycles. The van der Waals surface area contributed by atoms with Crippen molar-refractivity contribution in [1.29, 1.82) is 0 Å². The van der Waals surface area contributed by atoms with Crippen molar-refractivity contribution in [2.75, 3.05) is 19.5 Å². The molecule has 0 spiro atoms. The Balaban J connectivity index is 2.66. The van der Waals surface area contributed by atoms with Gasteiger partial charge in [-0.15, -0.1) is 0 Å². The molecule has 0 amide bonds. The maximum Gasteiger partial charge on any atom is 0.326 e. The molecule has 5 heteroatoms. The molecule has 1 aliphatic carbocycles. The number of thioether (sulfide) groups is 1. The van der Waals surface area contributed by atoms with Crippen molar-refractivity contribution in [3.05, 3.63) is 0 Å². The van der Waals surface area contributed by atoms with Gasteiger partial charge in [0.25, 0.3) is 0 Å². The van der Waals surface area contributed by atoms with Crippen LogP contribution in [-0.2, 0) is 9.53 Å². The second kappa shape index (κ2) is 8.12. The molecule has 0 aromatic heterocycles. The number of esters is 1. The first-order valence-electron chi connectivity index (χ1n) is 7.12. The summed E-state index contributed by atoms with van der Waals surface area (Å²) in [6, 6.07) is 0.264. The summed E-state index contributed by atoms with van der Waals surface area (Å²) in [7, 11) is 1.47. The summed E-state index contributed by atoms with van der Waals surface area (Å²) in [6.45, 7) is 4.37. The predicted octanol–water partition coefficient (Wildman–Crippen LogP) is 1.95. The molecule has 1 saturated carbocycles. The van der Waals surface area contributed by atoms with Gasteiger partial charge >= 0.3 is 5.97 Å². The highest BCUT2D eigenvalue weighted by molar-refractivity contribution is 7.99. The monoisotopic (exact) mass is 289 g/mol. The molecule has 2 unspecified atom stereocenters. The van der Waals surface area contributed by atoms with E-state index in [1.807, 2.05) is 11.8 Å². The molecule has 1 fully saturated rings. The van der Waals surface area contributed by atoms with Crippen LogP contribution in [0.5, 0.6) is 0 Å². The average molecular weight is 289 g/mol. The largest absolute Gasteiger partial charge is 0.468 e. The Morgan fingerprint density at radius 2 is 2.32 bits per heavy atom. The predicted molar refractivity (Wildman–Crippen MR) is 79.4 cm³/mol. The summed E-state index contributed by atoms with van der Waals surface area (Å²) < 4.78 is 5.02. The highest BCUT2D eigenvalue weighted by atomic mass is 32.2. The van der Waals surface area contributed by atoms with Crippen molar-refractivity contribution in [3.8, 4) is 0 Å². The van der Waals surface area contributed by atoms with Crippen LogP contribution in [-0.4, -0.2) is 47.4 Å². The molecule has 0 heterocycles. The summed E-state index contributed by atoms with van der Waals surface area (Å²) in [6.07, 6.45) is 4.70. The number of carbonyl (C=O) groups excluding carboxylic acids is 1. The fraction of sp³-hybridized carbons (Fsp3) is 0.929. The van der Waals surface area contributed by atoms with Crippen LogP contribution in [0.1, 0.15) is 46.0 Å². The number of aliphatic hydroxyl groups excluding tert-OH is 1. The van der Waals surface area contributed by atoms with Crippen molar-refractivity contribution in [2.24, 2.45) is 0 Å². The van der Waals surface area contributed by atoms with E-state index in [1.165, 1.54) is 7.11 Å². The Labute approximate surface area is 120 Å². The van der Waals surface area contributed by atoms with Crippen LogP contribution in [0, 0.1) is 0 Å². The highest BCUT2D eigenvalue weighted by Gasteiger charge is 2.44. The molecule has 2 atom stereocenters. The van der Waals surface area contributed by atoms with E-state index >= 15 is 0 Å². The Hall–Kier alpha value is -0.260. The molecule has 19 heavy (non-hydrogen) atoms. The Morgan fingerprint density at radius 3 is 2.89 bits per heavy atom. The van der Waals surface area contributed by atoms with Crippen LogP contribution >= 0.6 is 11.8 Å². The van der Waals surface area contributed by atoms with Crippen molar-refractivity contribution in [3.63, 3.8) is 0 Å². The lowest BCUT2D eigenvalue weighted by atomic mass is 9.81. The van der Waals surface area contributed by atoms with Crippen LogP contribution in [0.4, 0.5) is 0 Å². The lowest BCUT2D eigenvalue weighted by Gasteiger charge is -2.40. The topological polar surface area (TPSA) is 58.6 Å². The van der Waals surface area contributed by atoms with E-state index in [2.05, 4.69) is 19.2 Å². The summed E-state index contributed by atoms with van der Waals surface area (Å²) in [4.78, 5) is 12.2. The van der Waals surface area contributed by atoms with E-state index in [-0.39, 0.29) is 18.6 Å². The number of hydrogen-bond donors (Lipinski definition) is 2. The molecule has 0 aliphatic heterocycles. The first-order chi connectivity index (χ1) is 9.04. The van der Waals surface area contributed by atoms with Crippen LogP contribution in [0.15, 0.2) is 0 Å². The highest BCUT2D eigenvalue weighted by Crippen LogP contribution is 2.36. The van der Waals surface area contributed by atoms with E-state index in [1.54, 1.807) is 0 Å². The van der Waals surface area contributed by atoms with Gasteiger partial charge in [0.1, 0.15) is 5.54 Å². The number of carbonyl (C=O) groups is 1. The second-order valence-electron chi connectivity index (χ2n) is 5.54. The zero-order valence-corrected chi connectivity index (χ0v) is 13.1. The fourth-order valence-electron chi connectivity index (χ4n) is 2.80. The number of hydrogen-bond acceptors (Lipinski definition) is 5. The molecular formula is C14H27NO3S. The first-order valence-corrected chi connectivity index (χ1v) is 8.17. The van der Waals surface area contributed by atoms with Crippen LogP contribution in [0.2, 0.25) is 0 Å². The minimum Gasteiger partial charge on any atom is -0.468 e. The molecule has 0 aromatic carbocycles. The van der Waals surface area contributed by atoms with Crippen LogP contribution in [0.3, 0.4) is 0 Å². The quantitative estimate of drug-likeness (QED) is 0.554. The Kier molecular flexibility index (Phi) is 7.18. The van der Waals surface area contributed by atoms with Gasteiger partial charge in [0.15, 0.2) is 0 Å².